The monoisotopic (exact) mass is 520 g/mol. The van der Waals surface area contributed by atoms with Crippen molar-refractivity contribution in [3.63, 3.8) is 0 Å². The van der Waals surface area contributed by atoms with Crippen molar-refractivity contribution in [3.05, 3.63) is 36.3 Å². The third kappa shape index (κ3) is 4.23. The molecule has 10 heteroatoms. The van der Waals surface area contributed by atoms with Crippen LogP contribution in [-0.2, 0) is 4.74 Å². The maximum Gasteiger partial charge on any atom is 0.227 e. The molecule has 3 saturated heterocycles. The molecule has 0 radical (unpaired) electrons. The minimum atomic E-state index is -1.47. The van der Waals surface area contributed by atoms with E-state index in [0.717, 1.165) is 36.2 Å². The molecule has 38 heavy (non-hydrogen) atoms. The summed E-state index contributed by atoms with van der Waals surface area (Å²) in [6, 6.07) is 3.91. The van der Waals surface area contributed by atoms with Crippen LogP contribution in [0.4, 0.5) is 27.8 Å². The van der Waals surface area contributed by atoms with Crippen molar-refractivity contribution in [1.29, 1.82) is 0 Å². The lowest BCUT2D eigenvalue weighted by Gasteiger charge is -2.62. The highest BCUT2D eigenvalue weighted by Crippen LogP contribution is 2.44. The van der Waals surface area contributed by atoms with E-state index in [1.165, 1.54) is 12.0 Å². The van der Waals surface area contributed by atoms with E-state index in [-0.39, 0.29) is 12.1 Å². The SMILES string of the molecule is CO[C@@H]1CCN(c2nccc(Nc3cc4c(C(C)C)cnc(N5CCC56CN(C)C6)c4cn3)n2)C[C@]1(C)F. The van der Waals surface area contributed by atoms with Crippen molar-refractivity contribution in [2.45, 2.75) is 56.8 Å². The van der Waals surface area contributed by atoms with Crippen LogP contribution in [0.15, 0.2) is 30.7 Å². The minimum absolute atomic E-state index is 0.185. The Kier molecular flexibility index (Phi) is 6.14. The molecule has 6 rings (SSSR count). The maximum atomic E-state index is 15.1. The molecule has 3 aliphatic rings. The fraction of sp³-hybridized carbons (Fsp3) is 0.571. The van der Waals surface area contributed by atoms with Gasteiger partial charge in [0.2, 0.25) is 5.95 Å². The summed E-state index contributed by atoms with van der Waals surface area (Å²) in [6.45, 7) is 9.97. The zero-order valence-corrected chi connectivity index (χ0v) is 22.9. The smallest absolute Gasteiger partial charge is 0.227 e. The van der Waals surface area contributed by atoms with E-state index in [1.807, 2.05) is 23.4 Å². The topological polar surface area (TPSA) is 82.5 Å². The normalized spacial score (nSPS) is 25.1. The molecule has 3 fully saturated rings. The van der Waals surface area contributed by atoms with Crippen molar-refractivity contribution in [2.75, 3.05) is 62.0 Å². The second-order valence-electron chi connectivity index (χ2n) is 11.7. The number of likely N-dealkylation sites (tertiary alicyclic amines) is 1. The van der Waals surface area contributed by atoms with Crippen LogP contribution in [0, 0.1) is 0 Å². The van der Waals surface area contributed by atoms with Crippen LogP contribution in [0.25, 0.3) is 10.8 Å². The molecule has 1 N–H and O–H groups in total. The predicted octanol–water partition coefficient (Wildman–Crippen LogP) is 4.13. The number of nitrogens with one attached hydrogen (secondary N) is 1. The van der Waals surface area contributed by atoms with Crippen LogP contribution in [0.3, 0.4) is 0 Å². The lowest BCUT2D eigenvalue weighted by atomic mass is 9.77. The first-order chi connectivity index (χ1) is 18.2. The van der Waals surface area contributed by atoms with Crippen LogP contribution in [0.1, 0.15) is 45.1 Å². The first kappa shape index (κ1) is 25.2. The van der Waals surface area contributed by atoms with Gasteiger partial charge in [-0.25, -0.2) is 19.3 Å². The number of hydrogen-bond acceptors (Lipinski definition) is 9. The van der Waals surface area contributed by atoms with E-state index < -0.39 is 11.8 Å². The highest BCUT2D eigenvalue weighted by Gasteiger charge is 2.53. The van der Waals surface area contributed by atoms with E-state index in [2.05, 4.69) is 52.0 Å². The molecule has 0 unspecified atom stereocenters. The van der Waals surface area contributed by atoms with Crippen LogP contribution in [-0.4, -0.2) is 89.0 Å². The Bertz CT molecular complexity index is 1340. The maximum absolute atomic E-state index is 15.1. The molecule has 0 amide bonds. The van der Waals surface area contributed by atoms with Crippen molar-refractivity contribution < 1.29 is 9.13 Å². The summed E-state index contributed by atoms with van der Waals surface area (Å²) in [5.41, 5.74) is -0.0562. The van der Waals surface area contributed by atoms with Gasteiger partial charge in [-0.15, -0.1) is 0 Å². The standard InChI is InChI=1S/C28H37FN8O/c1-18(2)20-13-32-25(37-11-8-28(37)16-35(4)17-28)21-14-31-24(12-19(20)21)33-23-6-9-30-26(34-23)36-10-7-22(38-5)27(3,29)15-36/h6,9,12-14,18,22H,7-8,10-11,15-17H2,1-5H3,(H,30,31,33,34)/t22-,27+/m1/s1. The van der Waals surface area contributed by atoms with E-state index in [9.17, 15) is 0 Å². The van der Waals surface area contributed by atoms with Crippen LogP contribution in [0.2, 0.25) is 0 Å². The van der Waals surface area contributed by atoms with Gasteiger partial charge in [0.1, 0.15) is 17.5 Å². The molecule has 1 spiro atoms. The molecule has 202 valence electrons. The number of rotatable bonds is 6. The molecule has 2 atom stereocenters. The van der Waals surface area contributed by atoms with E-state index >= 15 is 4.39 Å². The largest absolute Gasteiger partial charge is 0.378 e. The van der Waals surface area contributed by atoms with Crippen molar-refractivity contribution in [3.8, 4) is 0 Å². The Balaban J connectivity index is 1.28. The minimum Gasteiger partial charge on any atom is -0.378 e. The predicted molar refractivity (Wildman–Crippen MR) is 148 cm³/mol. The summed E-state index contributed by atoms with van der Waals surface area (Å²) in [6.07, 6.45) is 7.03. The molecule has 9 nitrogen and oxygen atoms in total. The van der Waals surface area contributed by atoms with E-state index in [1.54, 1.807) is 20.2 Å². The number of methoxy groups -OCH3 is 1. The number of halogens is 1. The van der Waals surface area contributed by atoms with Crippen molar-refractivity contribution in [1.82, 2.24) is 24.8 Å². The highest BCUT2D eigenvalue weighted by atomic mass is 19.1. The number of piperidine rings is 1. The highest BCUT2D eigenvalue weighted by molar-refractivity contribution is 5.96. The number of alkyl halides is 1. The van der Waals surface area contributed by atoms with Gasteiger partial charge in [0.05, 0.1) is 18.2 Å². The second kappa shape index (κ2) is 9.27. The Morgan fingerprint density at radius 1 is 1.08 bits per heavy atom. The summed E-state index contributed by atoms with van der Waals surface area (Å²) in [4.78, 5) is 25.5. The molecule has 0 bridgehead atoms. The first-order valence-corrected chi connectivity index (χ1v) is 13.5. The third-order valence-electron chi connectivity index (χ3n) is 8.46. The van der Waals surface area contributed by atoms with Gasteiger partial charge in [-0.1, -0.05) is 13.8 Å². The number of anilines is 4. The zero-order valence-electron chi connectivity index (χ0n) is 22.9. The molecule has 0 aromatic carbocycles. The molecule has 3 aliphatic heterocycles. The van der Waals surface area contributed by atoms with Gasteiger partial charge in [0, 0.05) is 57.3 Å². The molecular weight excluding hydrogens is 483 g/mol. The van der Waals surface area contributed by atoms with Crippen LogP contribution in [0.5, 0.6) is 0 Å². The van der Waals surface area contributed by atoms with Crippen LogP contribution >= 0.6 is 0 Å². The Labute approximate surface area is 223 Å². The summed E-state index contributed by atoms with van der Waals surface area (Å²) in [5.74, 6) is 3.18. The molecule has 3 aromatic heterocycles. The quantitative estimate of drug-likeness (QED) is 0.516. The van der Waals surface area contributed by atoms with Gasteiger partial charge in [-0.05, 0) is 55.8 Å². The van der Waals surface area contributed by atoms with Gasteiger partial charge in [-0.3, -0.25) is 0 Å². The van der Waals surface area contributed by atoms with Gasteiger partial charge in [-0.2, -0.15) is 4.98 Å². The molecule has 3 aromatic rings. The molecule has 0 aliphatic carbocycles. The zero-order chi connectivity index (χ0) is 26.7. The average molecular weight is 521 g/mol. The lowest BCUT2D eigenvalue weighted by molar-refractivity contribution is -0.0381. The fourth-order valence-electron chi connectivity index (χ4n) is 6.41. The second-order valence-corrected chi connectivity index (χ2v) is 11.7. The Hall–Kier alpha value is -3.11. The summed E-state index contributed by atoms with van der Waals surface area (Å²) in [7, 11) is 3.73. The van der Waals surface area contributed by atoms with Gasteiger partial charge in [0.25, 0.3) is 0 Å². The first-order valence-electron chi connectivity index (χ1n) is 13.5. The molecule has 6 heterocycles. The number of ether oxygens (including phenoxy) is 1. The summed E-state index contributed by atoms with van der Waals surface area (Å²) >= 11 is 0. The Morgan fingerprint density at radius 3 is 2.55 bits per heavy atom. The number of nitrogens with zero attached hydrogens (tertiary/aromatic N) is 7. The summed E-state index contributed by atoms with van der Waals surface area (Å²) < 4.78 is 20.5. The Morgan fingerprint density at radius 2 is 1.89 bits per heavy atom. The van der Waals surface area contributed by atoms with Crippen LogP contribution < -0.4 is 15.1 Å². The summed E-state index contributed by atoms with van der Waals surface area (Å²) in [5, 5.41) is 5.59. The average Bonchev–Trinajstić information content (AvgIpc) is 2.85. The molecular formula is C28H37FN8O. The van der Waals surface area contributed by atoms with Gasteiger partial charge < -0.3 is 24.8 Å². The van der Waals surface area contributed by atoms with Crippen molar-refractivity contribution in [2.24, 2.45) is 0 Å². The fourth-order valence-corrected chi connectivity index (χ4v) is 6.41. The number of aromatic nitrogens is 4. The number of fused-ring (bicyclic) bond motifs is 1. The molecule has 0 saturated carbocycles. The number of hydrogen-bond donors (Lipinski definition) is 1. The number of likely N-dealkylation sites (N-methyl/N-ethyl adjacent to an activating group) is 1. The lowest BCUT2D eigenvalue weighted by Crippen LogP contribution is -2.76. The number of pyridine rings is 2. The third-order valence-corrected chi connectivity index (χ3v) is 8.46. The van der Waals surface area contributed by atoms with E-state index in [0.29, 0.717) is 36.5 Å². The van der Waals surface area contributed by atoms with Gasteiger partial charge in [0.15, 0.2) is 5.67 Å². The van der Waals surface area contributed by atoms with Crippen molar-refractivity contribution >= 4 is 34.2 Å². The van der Waals surface area contributed by atoms with E-state index in [4.69, 9.17) is 14.7 Å². The van der Waals surface area contributed by atoms with Gasteiger partial charge >= 0.3 is 0 Å².